The fourth-order valence-corrected chi connectivity index (χ4v) is 2.77. The quantitative estimate of drug-likeness (QED) is 0.529. The Morgan fingerprint density at radius 3 is 2.14 bits per heavy atom. The van der Waals surface area contributed by atoms with Crippen LogP contribution in [0.15, 0.2) is 48.5 Å². The summed E-state index contributed by atoms with van der Waals surface area (Å²) in [6.07, 6.45) is 0. The van der Waals surface area contributed by atoms with Gasteiger partial charge in [-0.05, 0) is 56.5 Å². The zero-order valence-electron chi connectivity index (χ0n) is 13.4. The molecule has 0 aromatic heterocycles. The van der Waals surface area contributed by atoms with Gasteiger partial charge in [0.2, 0.25) is 0 Å². The Kier molecular flexibility index (Phi) is 5.30. The Balaban J connectivity index is 2.45. The van der Waals surface area contributed by atoms with Crippen LogP contribution in [0.3, 0.4) is 0 Å². The van der Waals surface area contributed by atoms with Crippen LogP contribution in [-0.2, 0) is 0 Å². The largest absolute Gasteiger partial charge is 0.488 e. The van der Waals surface area contributed by atoms with Gasteiger partial charge >= 0.3 is 0 Å². The van der Waals surface area contributed by atoms with Gasteiger partial charge in [0.05, 0.1) is 0 Å². The lowest BCUT2D eigenvalue weighted by Crippen LogP contribution is -2.22. The molecule has 2 aromatic rings. The predicted octanol–water partition coefficient (Wildman–Crippen LogP) is 5.86. The minimum Gasteiger partial charge on any atom is -0.488 e. The summed E-state index contributed by atoms with van der Waals surface area (Å²) in [6, 6.07) is 16.1. The van der Waals surface area contributed by atoms with Crippen molar-refractivity contribution in [3.8, 4) is 5.75 Å². The van der Waals surface area contributed by atoms with Gasteiger partial charge in [-0.25, -0.2) is 0 Å². The second-order valence-corrected chi connectivity index (χ2v) is 7.15. The molecule has 0 aliphatic rings. The van der Waals surface area contributed by atoms with Crippen molar-refractivity contribution in [3.63, 3.8) is 0 Å². The van der Waals surface area contributed by atoms with Gasteiger partial charge in [0.25, 0.3) is 0 Å². The zero-order valence-corrected chi connectivity index (χ0v) is 15.2. The molecule has 0 spiro atoms. The van der Waals surface area contributed by atoms with E-state index in [2.05, 4.69) is 25.6 Å². The molecule has 2 rings (SSSR count). The first-order valence-electron chi connectivity index (χ1n) is 7.25. The molecule has 0 aliphatic carbocycles. The average molecular weight is 331 g/mol. The third-order valence-corrected chi connectivity index (χ3v) is 4.28. The first-order valence-corrected chi connectivity index (χ1v) is 8.15. The lowest BCUT2D eigenvalue weighted by Gasteiger charge is -2.22. The maximum absolute atomic E-state index is 5.95. The van der Waals surface area contributed by atoms with Crippen molar-refractivity contribution in [2.75, 3.05) is 0 Å². The van der Waals surface area contributed by atoms with Crippen molar-refractivity contribution in [2.24, 2.45) is 0 Å². The van der Waals surface area contributed by atoms with E-state index < -0.39 is 0 Å². The Hall–Kier alpha value is -1.32. The van der Waals surface area contributed by atoms with Crippen LogP contribution in [0.4, 0.5) is 0 Å². The van der Waals surface area contributed by atoms with Crippen molar-refractivity contribution >= 4 is 35.1 Å². The number of rotatable bonds is 3. The van der Waals surface area contributed by atoms with Gasteiger partial charge in [-0.15, -0.1) is 25.3 Å². The van der Waals surface area contributed by atoms with Crippen molar-refractivity contribution < 1.29 is 4.74 Å². The summed E-state index contributed by atoms with van der Waals surface area (Å²) in [5, 5.41) is 0. The van der Waals surface area contributed by atoms with Crippen molar-refractivity contribution in [2.45, 2.75) is 33.3 Å². The third kappa shape index (κ3) is 4.34. The van der Waals surface area contributed by atoms with Crippen LogP contribution in [0, 0.1) is 6.92 Å². The third-order valence-electron chi connectivity index (χ3n) is 3.16. The van der Waals surface area contributed by atoms with Gasteiger partial charge in [0.1, 0.15) is 11.4 Å². The molecule has 0 heterocycles. The van der Waals surface area contributed by atoms with E-state index >= 15 is 0 Å². The van der Waals surface area contributed by atoms with Gasteiger partial charge in [0, 0.05) is 9.81 Å². The maximum atomic E-state index is 5.95. The highest BCUT2D eigenvalue weighted by molar-refractivity contribution is 7.96. The van der Waals surface area contributed by atoms with E-state index in [0.717, 1.165) is 32.3 Å². The summed E-state index contributed by atoms with van der Waals surface area (Å²) in [7, 11) is 0. The second-order valence-electron chi connectivity index (χ2n) is 6.25. The highest BCUT2D eigenvalue weighted by Gasteiger charge is 2.14. The van der Waals surface area contributed by atoms with Crippen LogP contribution in [0.1, 0.15) is 37.5 Å². The van der Waals surface area contributed by atoms with Crippen LogP contribution in [-0.4, -0.2) is 5.60 Å². The molecule has 116 valence electrons. The standard InChI is InChI=1S/C19H22OS2/c1-13-10-11-15(20-19(2,3)4)12-16(13)18(22)17(21)14-8-6-5-7-9-14/h5-12,21-22H,1-4H3. The molecular formula is C19H22OS2. The number of hydrogen-bond donors (Lipinski definition) is 2. The average Bonchev–Trinajstić information content (AvgIpc) is 2.47. The van der Waals surface area contributed by atoms with Gasteiger partial charge in [-0.2, -0.15) is 0 Å². The van der Waals surface area contributed by atoms with E-state index in [9.17, 15) is 0 Å². The van der Waals surface area contributed by atoms with Crippen molar-refractivity contribution in [3.05, 3.63) is 65.2 Å². The number of ether oxygens (including phenoxy) is 1. The van der Waals surface area contributed by atoms with E-state index in [1.54, 1.807) is 0 Å². The maximum Gasteiger partial charge on any atom is 0.120 e. The van der Waals surface area contributed by atoms with Crippen LogP contribution in [0.25, 0.3) is 9.81 Å². The molecule has 0 unspecified atom stereocenters. The summed E-state index contributed by atoms with van der Waals surface area (Å²) < 4.78 is 5.95. The molecule has 0 radical (unpaired) electrons. The highest BCUT2D eigenvalue weighted by Crippen LogP contribution is 2.35. The van der Waals surface area contributed by atoms with Crippen molar-refractivity contribution in [1.82, 2.24) is 0 Å². The number of thiol groups is 2. The van der Waals surface area contributed by atoms with Crippen LogP contribution in [0.2, 0.25) is 0 Å². The second kappa shape index (κ2) is 6.84. The van der Waals surface area contributed by atoms with Gasteiger partial charge in [0.15, 0.2) is 0 Å². The molecule has 2 aromatic carbocycles. The van der Waals surface area contributed by atoms with Gasteiger partial charge in [-0.3, -0.25) is 0 Å². The Labute approximate surface area is 144 Å². The number of benzene rings is 2. The van der Waals surface area contributed by atoms with Gasteiger partial charge < -0.3 is 4.74 Å². The van der Waals surface area contributed by atoms with Gasteiger partial charge in [-0.1, -0.05) is 36.4 Å². The fourth-order valence-electron chi connectivity index (χ4n) is 2.13. The van der Waals surface area contributed by atoms with E-state index in [-0.39, 0.29) is 5.60 Å². The Morgan fingerprint density at radius 2 is 1.55 bits per heavy atom. The smallest absolute Gasteiger partial charge is 0.120 e. The van der Waals surface area contributed by atoms with E-state index in [4.69, 9.17) is 17.4 Å². The molecular weight excluding hydrogens is 308 g/mol. The van der Waals surface area contributed by atoms with Crippen LogP contribution < -0.4 is 4.74 Å². The molecule has 0 saturated heterocycles. The minimum atomic E-state index is -0.226. The molecule has 0 N–H and O–H groups in total. The molecule has 0 bridgehead atoms. The molecule has 0 amide bonds. The fraction of sp³-hybridized carbons (Fsp3) is 0.263. The van der Waals surface area contributed by atoms with E-state index in [0.29, 0.717) is 0 Å². The monoisotopic (exact) mass is 330 g/mol. The summed E-state index contributed by atoms with van der Waals surface area (Å²) >= 11 is 9.36. The number of aryl methyl sites for hydroxylation is 1. The predicted molar refractivity (Wildman–Crippen MR) is 103 cm³/mol. The molecule has 0 saturated carbocycles. The normalized spacial score (nSPS) is 12.8. The summed E-state index contributed by atoms with van der Waals surface area (Å²) in [6.45, 7) is 8.19. The molecule has 0 atom stereocenters. The zero-order chi connectivity index (χ0) is 16.3. The van der Waals surface area contributed by atoms with Crippen LogP contribution in [0.5, 0.6) is 5.75 Å². The topological polar surface area (TPSA) is 9.23 Å². The Morgan fingerprint density at radius 1 is 0.909 bits per heavy atom. The summed E-state index contributed by atoms with van der Waals surface area (Å²) in [5.74, 6) is 0.842. The lowest BCUT2D eigenvalue weighted by molar-refractivity contribution is 0.131. The SMILES string of the molecule is Cc1ccc(OC(C)(C)C)cc1C(S)=C(S)c1ccccc1. The minimum absolute atomic E-state index is 0.226. The summed E-state index contributed by atoms with van der Waals surface area (Å²) in [5.41, 5.74) is 3.01. The number of hydrogen-bond acceptors (Lipinski definition) is 3. The first-order chi connectivity index (χ1) is 10.3. The molecule has 3 heteroatoms. The summed E-state index contributed by atoms with van der Waals surface area (Å²) in [4.78, 5) is 1.71. The molecule has 0 aliphatic heterocycles. The van der Waals surface area contributed by atoms with E-state index in [1.165, 1.54) is 0 Å². The lowest BCUT2D eigenvalue weighted by atomic mass is 10.1. The molecule has 1 nitrogen and oxygen atoms in total. The van der Waals surface area contributed by atoms with Crippen LogP contribution >= 0.6 is 25.3 Å². The molecule has 0 fully saturated rings. The molecule has 22 heavy (non-hydrogen) atoms. The highest BCUT2D eigenvalue weighted by atomic mass is 32.1. The van der Waals surface area contributed by atoms with E-state index in [1.807, 2.05) is 63.2 Å². The van der Waals surface area contributed by atoms with Crippen molar-refractivity contribution in [1.29, 1.82) is 0 Å². The first kappa shape index (κ1) is 17.0. The Bertz CT molecular complexity index is 682.